The molecule has 10 aromatic rings. The van der Waals surface area contributed by atoms with Gasteiger partial charge in [0.05, 0.1) is 27.8 Å². The van der Waals surface area contributed by atoms with Crippen LogP contribution in [0.4, 0.5) is 0 Å². The highest BCUT2D eigenvalue weighted by molar-refractivity contribution is 6.29. The number of hydrogen-bond donors (Lipinski definition) is 0. The average molecular weight is 585 g/mol. The minimum atomic E-state index is 1.17. The van der Waals surface area contributed by atoms with Gasteiger partial charge < -0.3 is 9.13 Å². The first-order chi connectivity index (χ1) is 22.8. The quantitative estimate of drug-likeness (QED) is 0.195. The molecule has 2 heteroatoms. The van der Waals surface area contributed by atoms with Crippen molar-refractivity contribution in [2.75, 3.05) is 0 Å². The van der Waals surface area contributed by atoms with Gasteiger partial charge in [-0.25, -0.2) is 0 Å². The number of para-hydroxylation sites is 2. The van der Waals surface area contributed by atoms with Crippen LogP contribution in [0.2, 0.25) is 0 Å². The molecule has 2 heterocycles. The van der Waals surface area contributed by atoms with Crippen LogP contribution in [0.5, 0.6) is 0 Å². The molecule has 0 saturated heterocycles. The Morgan fingerprint density at radius 1 is 0.326 bits per heavy atom. The summed E-state index contributed by atoms with van der Waals surface area (Å²) >= 11 is 0. The Hall–Kier alpha value is -6.12. The number of aromatic nitrogens is 2. The number of rotatable bonds is 3. The van der Waals surface area contributed by atoms with Crippen molar-refractivity contribution in [3.63, 3.8) is 0 Å². The van der Waals surface area contributed by atoms with E-state index in [4.69, 9.17) is 0 Å². The van der Waals surface area contributed by atoms with Crippen LogP contribution in [0.15, 0.2) is 170 Å². The largest absolute Gasteiger partial charge is 0.309 e. The van der Waals surface area contributed by atoms with E-state index in [-0.39, 0.29) is 0 Å². The smallest absolute Gasteiger partial charge is 0.0549 e. The molecular formula is C44H28N2. The summed E-state index contributed by atoms with van der Waals surface area (Å²) in [6.07, 6.45) is 0. The molecule has 0 unspecified atom stereocenters. The Kier molecular flexibility index (Phi) is 5.31. The second-order valence-corrected chi connectivity index (χ2v) is 12.1. The van der Waals surface area contributed by atoms with E-state index in [1.54, 1.807) is 0 Å². The summed E-state index contributed by atoms with van der Waals surface area (Å²) in [5.41, 5.74) is 9.68. The molecule has 0 radical (unpaired) electrons. The summed E-state index contributed by atoms with van der Waals surface area (Å²) in [6, 6.07) is 62.0. The molecule has 214 valence electrons. The van der Waals surface area contributed by atoms with Gasteiger partial charge in [-0.2, -0.15) is 0 Å². The minimum Gasteiger partial charge on any atom is -0.309 e. The minimum absolute atomic E-state index is 1.17. The molecule has 0 spiro atoms. The van der Waals surface area contributed by atoms with Gasteiger partial charge in [0.2, 0.25) is 0 Å². The summed E-state index contributed by atoms with van der Waals surface area (Å²) in [6.45, 7) is 0. The summed E-state index contributed by atoms with van der Waals surface area (Å²) < 4.78 is 4.93. The molecular weight excluding hydrogens is 556 g/mol. The van der Waals surface area contributed by atoms with E-state index in [2.05, 4.69) is 179 Å². The fourth-order valence-corrected chi connectivity index (χ4v) is 7.73. The molecule has 0 saturated carbocycles. The lowest BCUT2D eigenvalue weighted by molar-refractivity contribution is 1.18. The van der Waals surface area contributed by atoms with Crippen LogP contribution in [0, 0.1) is 0 Å². The van der Waals surface area contributed by atoms with E-state index < -0.39 is 0 Å². The van der Waals surface area contributed by atoms with Crippen LogP contribution in [0.3, 0.4) is 0 Å². The highest BCUT2D eigenvalue weighted by Gasteiger charge is 2.22. The molecule has 0 N–H and O–H groups in total. The van der Waals surface area contributed by atoms with Crippen molar-refractivity contribution in [1.29, 1.82) is 0 Å². The van der Waals surface area contributed by atoms with Crippen molar-refractivity contribution in [3.8, 4) is 22.5 Å². The van der Waals surface area contributed by atoms with E-state index >= 15 is 0 Å². The monoisotopic (exact) mass is 584 g/mol. The summed E-state index contributed by atoms with van der Waals surface area (Å²) in [4.78, 5) is 0. The van der Waals surface area contributed by atoms with E-state index in [1.807, 2.05) is 0 Å². The predicted octanol–water partition coefficient (Wildman–Crippen LogP) is 11.9. The third-order valence-electron chi connectivity index (χ3n) is 9.67. The van der Waals surface area contributed by atoms with E-state index in [0.717, 1.165) is 0 Å². The first kappa shape index (κ1) is 25.2. The van der Waals surface area contributed by atoms with Gasteiger partial charge in [0.15, 0.2) is 0 Å². The standard InChI is InChI=1S/C44H28N2/c1-2-14-31(15-3-1)42-34-17-7-6-13-30(34)23-25-39(42)46-38-21-11-9-19-36(38)44-41(46)27-26-40-43(44)35-18-8-10-20-37(35)45(40)33-24-22-29-12-4-5-16-32(29)28-33/h1-28H. The van der Waals surface area contributed by atoms with Gasteiger partial charge in [0.1, 0.15) is 0 Å². The maximum atomic E-state index is 2.49. The lowest BCUT2D eigenvalue weighted by Crippen LogP contribution is -1.98. The highest BCUT2D eigenvalue weighted by atomic mass is 15.0. The Labute approximate surface area is 266 Å². The van der Waals surface area contributed by atoms with E-state index in [1.165, 1.54) is 87.7 Å². The zero-order chi connectivity index (χ0) is 30.2. The van der Waals surface area contributed by atoms with Crippen LogP contribution >= 0.6 is 0 Å². The fraction of sp³-hybridized carbons (Fsp3) is 0. The van der Waals surface area contributed by atoms with Crippen molar-refractivity contribution in [1.82, 2.24) is 9.13 Å². The molecule has 2 nitrogen and oxygen atoms in total. The maximum Gasteiger partial charge on any atom is 0.0549 e. The SMILES string of the molecule is c1ccc(-c2c(-n3c4ccccc4c4c5c6ccccc6n(-c6ccc7ccccc7c6)c5ccc43)ccc3ccccc23)cc1. The van der Waals surface area contributed by atoms with E-state index in [9.17, 15) is 0 Å². The Morgan fingerprint density at radius 3 is 1.61 bits per heavy atom. The third kappa shape index (κ3) is 3.53. The van der Waals surface area contributed by atoms with Crippen molar-refractivity contribution in [3.05, 3.63) is 170 Å². The molecule has 0 aliphatic rings. The van der Waals surface area contributed by atoms with Gasteiger partial charge in [-0.3, -0.25) is 0 Å². The topological polar surface area (TPSA) is 9.86 Å². The van der Waals surface area contributed by atoms with Gasteiger partial charge in [-0.05, 0) is 69.6 Å². The summed E-state index contributed by atoms with van der Waals surface area (Å²) in [7, 11) is 0. The molecule has 0 bridgehead atoms. The molecule has 0 amide bonds. The molecule has 0 aliphatic heterocycles. The zero-order valence-electron chi connectivity index (χ0n) is 25.1. The third-order valence-corrected chi connectivity index (χ3v) is 9.67. The van der Waals surface area contributed by atoms with Gasteiger partial charge in [-0.15, -0.1) is 0 Å². The predicted molar refractivity (Wildman–Crippen MR) is 196 cm³/mol. The fourth-order valence-electron chi connectivity index (χ4n) is 7.73. The second-order valence-electron chi connectivity index (χ2n) is 12.1. The Balaban J connectivity index is 1.36. The van der Waals surface area contributed by atoms with Gasteiger partial charge >= 0.3 is 0 Å². The Bertz CT molecular complexity index is 2800. The summed E-state index contributed by atoms with van der Waals surface area (Å²) in [5.74, 6) is 0. The molecule has 0 aliphatic carbocycles. The first-order valence-corrected chi connectivity index (χ1v) is 15.9. The van der Waals surface area contributed by atoms with Crippen LogP contribution in [-0.2, 0) is 0 Å². The Morgan fingerprint density at radius 2 is 0.870 bits per heavy atom. The maximum absolute atomic E-state index is 2.49. The molecule has 0 fully saturated rings. The molecule has 8 aromatic carbocycles. The van der Waals surface area contributed by atoms with Crippen molar-refractivity contribution in [2.24, 2.45) is 0 Å². The van der Waals surface area contributed by atoms with Crippen molar-refractivity contribution < 1.29 is 0 Å². The number of hydrogen-bond acceptors (Lipinski definition) is 0. The lowest BCUT2D eigenvalue weighted by Gasteiger charge is -2.17. The zero-order valence-corrected chi connectivity index (χ0v) is 25.1. The van der Waals surface area contributed by atoms with Crippen LogP contribution in [0.1, 0.15) is 0 Å². The van der Waals surface area contributed by atoms with Crippen LogP contribution in [-0.4, -0.2) is 9.13 Å². The van der Waals surface area contributed by atoms with Gasteiger partial charge in [0.25, 0.3) is 0 Å². The molecule has 0 atom stereocenters. The first-order valence-electron chi connectivity index (χ1n) is 15.9. The number of benzene rings is 8. The summed E-state index contributed by atoms with van der Waals surface area (Å²) in [5, 5.41) is 10.1. The van der Waals surface area contributed by atoms with Crippen LogP contribution < -0.4 is 0 Å². The molecule has 10 rings (SSSR count). The van der Waals surface area contributed by atoms with Crippen molar-refractivity contribution >= 4 is 65.2 Å². The van der Waals surface area contributed by atoms with Gasteiger partial charge in [0, 0.05) is 32.8 Å². The average Bonchev–Trinajstić information content (AvgIpc) is 3.64. The van der Waals surface area contributed by atoms with Crippen molar-refractivity contribution in [2.45, 2.75) is 0 Å². The number of nitrogens with zero attached hydrogens (tertiary/aromatic N) is 2. The number of fused-ring (bicyclic) bond motifs is 9. The normalized spacial score (nSPS) is 11.9. The van der Waals surface area contributed by atoms with Crippen LogP contribution in [0.25, 0.3) is 87.7 Å². The van der Waals surface area contributed by atoms with Gasteiger partial charge in [-0.1, -0.05) is 127 Å². The lowest BCUT2D eigenvalue weighted by atomic mass is 9.96. The van der Waals surface area contributed by atoms with E-state index in [0.29, 0.717) is 0 Å². The second kappa shape index (κ2) is 9.69. The molecule has 2 aromatic heterocycles. The highest BCUT2D eigenvalue weighted by Crippen LogP contribution is 2.44. The molecule has 46 heavy (non-hydrogen) atoms.